The van der Waals surface area contributed by atoms with Crippen LogP contribution in [0.25, 0.3) is 0 Å². The van der Waals surface area contributed by atoms with E-state index in [0.717, 1.165) is 0 Å². The topological polar surface area (TPSA) is 110 Å². The summed E-state index contributed by atoms with van der Waals surface area (Å²) in [4.78, 5) is 23.0. The van der Waals surface area contributed by atoms with E-state index in [2.05, 4.69) is 10.6 Å². The van der Waals surface area contributed by atoms with Gasteiger partial charge in [-0.05, 0) is 52.0 Å². The molecule has 0 spiro atoms. The number of carbonyl (C=O) groups is 2. The molecule has 0 saturated heterocycles. The summed E-state index contributed by atoms with van der Waals surface area (Å²) in [6.45, 7) is 7.22. The number of hydrogen-bond donors (Lipinski definition) is 4. The predicted molar refractivity (Wildman–Crippen MR) is 80.3 cm³/mol. The molecule has 0 fully saturated rings. The molecule has 0 saturated carbocycles. The summed E-state index contributed by atoms with van der Waals surface area (Å²) >= 11 is 0. The summed E-state index contributed by atoms with van der Waals surface area (Å²) in [5, 5.41) is 5.25. The van der Waals surface area contributed by atoms with Crippen LogP contribution in [0.15, 0.2) is 24.3 Å². The van der Waals surface area contributed by atoms with Crippen molar-refractivity contribution in [2.75, 3.05) is 10.6 Å². The number of amides is 3. The van der Waals surface area contributed by atoms with Crippen molar-refractivity contribution in [2.45, 2.75) is 33.2 Å². The Morgan fingerprint density at radius 2 is 1.35 bits per heavy atom. The lowest BCUT2D eigenvalue weighted by molar-refractivity contribution is -0.126. The number of nitrogens with one attached hydrogen (secondary N) is 2. The van der Waals surface area contributed by atoms with Crippen LogP contribution < -0.4 is 22.1 Å². The zero-order valence-corrected chi connectivity index (χ0v) is 12.3. The lowest BCUT2D eigenvalue weighted by Gasteiger charge is -2.36. The molecule has 0 aliphatic heterocycles. The minimum atomic E-state index is -0.725. The van der Waals surface area contributed by atoms with Crippen LogP contribution >= 0.6 is 0 Å². The van der Waals surface area contributed by atoms with Crippen molar-refractivity contribution in [3.05, 3.63) is 24.3 Å². The number of urea groups is 1. The number of primary amides is 1. The number of benzene rings is 1. The fourth-order valence-corrected chi connectivity index (χ4v) is 1.36. The second-order valence-corrected chi connectivity index (χ2v) is 5.87. The maximum absolute atomic E-state index is 12.3. The quantitative estimate of drug-likeness (QED) is 0.674. The van der Waals surface area contributed by atoms with Gasteiger partial charge in [0.1, 0.15) is 0 Å². The highest BCUT2D eigenvalue weighted by molar-refractivity contribution is 5.96. The summed E-state index contributed by atoms with van der Waals surface area (Å²) < 4.78 is 0. The molecule has 20 heavy (non-hydrogen) atoms. The van der Waals surface area contributed by atoms with Gasteiger partial charge >= 0.3 is 6.03 Å². The van der Waals surface area contributed by atoms with Crippen LogP contribution in [0.4, 0.5) is 16.2 Å². The van der Waals surface area contributed by atoms with Crippen LogP contribution in [-0.2, 0) is 4.79 Å². The van der Waals surface area contributed by atoms with E-state index in [1.807, 2.05) is 13.8 Å². The van der Waals surface area contributed by atoms with Crippen LogP contribution in [0.2, 0.25) is 0 Å². The molecule has 6 nitrogen and oxygen atoms in total. The first-order valence-corrected chi connectivity index (χ1v) is 6.31. The second-order valence-electron chi connectivity index (χ2n) is 5.87. The molecule has 0 unspecified atom stereocenters. The standard InChI is InChI=1S/C14H22N4O2/c1-13(2,14(3,4)16)11(19)17-9-5-7-10(8-6-9)18-12(15)20/h5-8H,16H2,1-4H3,(H,17,19)(H3,15,18,20). The summed E-state index contributed by atoms with van der Waals surface area (Å²) in [5.41, 5.74) is 10.9. The summed E-state index contributed by atoms with van der Waals surface area (Å²) in [6, 6.07) is 6.04. The van der Waals surface area contributed by atoms with Crippen molar-refractivity contribution in [3.63, 3.8) is 0 Å². The molecule has 0 heterocycles. The molecule has 0 aliphatic rings. The van der Waals surface area contributed by atoms with Crippen LogP contribution in [-0.4, -0.2) is 17.5 Å². The van der Waals surface area contributed by atoms with Gasteiger partial charge in [-0.3, -0.25) is 4.79 Å². The molecule has 0 atom stereocenters. The summed E-state index contributed by atoms with van der Waals surface area (Å²) in [5.74, 6) is -0.166. The van der Waals surface area contributed by atoms with Crippen molar-refractivity contribution in [3.8, 4) is 0 Å². The summed E-state index contributed by atoms with van der Waals surface area (Å²) in [7, 11) is 0. The lowest BCUT2D eigenvalue weighted by atomic mass is 9.74. The van der Waals surface area contributed by atoms with Crippen LogP contribution in [0.1, 0.15) is 27.7 Å². The van der Waals surface area contributed by atoms with Gasteiger partial charge in [0, 0.05) is 16.9 Å². The van der Waals surface area contributed by atoms with Gasteiger partial charge in [-0.15, -0.1) is 0 Å². The van der Waals surface area contributed by atoms with Crippen molar-refractivity contribution < 1.29 is 9.59 Å². The molecule has 110 valence electrons. The molecule has 0 bridgehead atoms. The Bertz CT molecular complexity index is 501. The Balaban J connectivity index is 2.79. The Morgan fingerprint density at radius 3 is 1.70 bits per heavy atom. The zero-order valence-electron chi connectivity index (χ0n) is 12.3. The maximum Gasteiger partial charge on any atom is 0.316 e. The van der Waals surface area contributed by atoms with E-state index < -0.39 is 17.0 Å². The first-order valence-electron chi connectivity index (χ1n) is 6.31. The van der Waals surface area contributed by atoms with E-state index in [0.29, 0.717) is 11.4 Å². The van der Waals surface area contributed by atoms with Gasteiger partial charge < -0.3 is 22.1 Å². The van der Waals surface area contributed by atoms with E-state index in [1.165, 1.54) is 0 Å². The monoisotopic (exact) mass is 278 g/mol. The van der Waals surface area contributed by atoms with E-state index >= 15 is 0 Å². The molecule has 1 aromatic rings. The van der Waals surface area contributed by atoms with Gasteiger partial charge in [-0.1, -0.05) is 0 Å². The smallest absolute Gasteiger partial charge is 0.316 e. The average Bonchev–Trinajstić information content (AvgIpc) is 2.29. The van der Waals surface area contributed by atoms with Gasteiger partial charge in [-0.25, -0.2) is 4.79 Å². The highest BCUT2D eigenvalue weighted by Gasteiger charge is 2.40. The molecule has 3 amide bonds. The first-order chi connectivity index (χ1) is 9.04. The minimum Gasteiger partial charge on any atom is -0.351 e. The average molecular weight is 278 g/mol. The van der Waals surface area contributed by atoms with E-state index in [4.69, 9.17) is 11.5 Å². The highest BCUT2D eigenvalue weighted by Crippen LogP contribution is 2.29. The van der Waals surface area contributed by atoms with Gasteiger partial charge in [0.2, 0.25) is 5.91 Å². The normalized spacial score (nSPS) is 11.8. The Morgan fingerprint density at radius 1 is 0.950 bits per heavy atom. The van der Waals surface area contributed by atoms with Crippen molar-refractivity contribution in [2.24, 2.45) is 16.9 Å². The SMILES string of the molecule is CC(C)(N)C(C)(C)C(=O)Nc1ccc(NC(N)=O)cc1. The molecular weight excluding hydrogens is 256 g/mol. The summed E-state index contributed by atoms with van der Waals surface area (Å²) in [6.07, 6.45) is 0. The Hall–Kier alpha value is -2.08. The van der Waals surface area contributed by atoms with Crippen molar-refractivity contribution in [1.82, 2.24) is 0 Å². The fourth-order valence-electron chi connectivity index (χ4n) is 1.36. The van der Waals surface area contributed by atoms with Gasteiger partial charge in [0.05, 0.1) is 5.41 Å². The second kappa shape index (κ2) is 5.50. The van der Waals surface area contributed by atoms with Crippen LogP contribution in [0.5, 0.6) is 0 Å². The number of hydrogen-bond acceptors (Lipinski definition) is 3. The highest BCUT2D eigenvalue weighted by atomic mass is 16.2. The third-order valence-electron chi connectivity index (χ3n) is 3.59. The molecular formula is C14H22N4O2. The third kappa shape index (κ3) is 3.71. The zero-order chi connectivity index (χ0) is 15.6. The van der Waals surface area contributed by atoms with E-state index in [9.17, 15) is 9.59 Å². The molecule has 1 aromatic carbocycles. The van der Waals surface area contributed by atoms with Crippen molar-refractivity contribution in [1.29, 1.82) is 0 Å². The number of anilines is 2. The molecule has 6 heteroatoms. The van der Waals surface area contributed by atoms with Crippen LogP contribution in [0, 0.1) is 5.41 Å². The largest absolute Gasteiger partial charge is 0.351 e. The third-order valence-corrected chi connectivity index (χ3v) is 3.59. The maximum atomic E-state index is 12.3. The first kappa shape index (κ1) is 16.0. The van der Waals surface area contributed by atoms with Gasteiger partial charge in [0.25, 0.3) is 0 Å². The molecule has 0 aliphatic carbocycles. The van der Waals surface area contributed by atoms with E-state index in [-0.39, 0.29) is 5.91 Å². The Labute approximate surface area is 118 Å². The number of rotatable bonds is 4. The molecule has 6 N–H and O–H groups in total. The fraction of sp³-hybridized carbons (Fsp3) is 0.429. The number of carbonyl (C=O) groups excluding carboxylic acids is 2. The van der Waals surface area contributed by atoms with E-state index in [1.54, 1.807) is 38.1 Å². The van der Waals surface area contributed by atoms with Gasteiger partial charge in [0.15, 0.2) is 0 Å². The molecule has 1 rings (SSSR count). The minimum absolute atomic E-state index is 0.166. The van der Waals surface area contributed by atoms with Crippen molar-refractivity contribution >= 4 is 23.3 Å². The Kier molecular flexibility index (Phi) is 4.39. The predicted octanol–water partition coefficient (Wildman–Crippen LogP) is 1.88. The molecule has 0 aromatic heterocycles. The lowest BCUT2D eigenvalue weighted by Crippen LogP contribution is -2.53. The molecule has 0 radical (unpaired) electrons. The van der Waals surface area contributed by atoms with Gasteiger partial charge in [-0.2, -0.15) is 0 Å². The van der Waals surface area contributed by atoms with Crippen LogP contribution in [0.3, 0.4) is 0 Å². The number of nitrogens with two attached hydrogens (primary N) is 2.